The van der Waals surface area contributed by atoms with Gasteiger partial charge in [0.25, 0.3) is 5.91 Å². The number of rotatable bonds is 6. The number of carbonyl (C=O) groups is 2. The second-order valence-electron chi connectivity index (χ2n) is 7.30. The molecule has 3 heterocycles. The Balaban J connectivity index is 1.32. The van der Waals surface area contributed by atoms with Crippen LogP contribution in [0, 0.1) is 5.82 Å². The van der Waals surface area contributed by atoms with Gasteiger partial charge in [0.05, 0.1) is 6.54 Å². The van der Waals surface area contributed by atoms with Crippen LogP contribution in [0.4, 0.5) is 4.39 Å². The number of aromatic nitrogens is 3. The second kappa shape index (κ2) is 9.09. The Labute approximate surface area is 178 Å². The molecule has 2 aromatic heterocycles. The highest BCUT2D eigenvalue weighted by Gasteiger charge is 2.33. The average Bonchev–Trinajstić information content (AvgIpc) is 3.21. The highest BCUT2D eigenvalue weighted by molar-refractivity contribution is 5.93. The van der Waals surface area contributed by atoms with Crippen LogP contribution >= 0.6 is 0 Å². The van der Waals surface area contributed by atoms with Gasteiger partial charge in [0.1, 0.15) is 29.9 Å². The molecule has 1 fully saturated rings. The summed E-state index contributed by atoms with van der Waals surface area (Å²) >= 11 is 0. The van der Waals surface area contributed by atoms with Crippen LogP contribution in [-0.2, 0) is 4.79 Å². The van der Waals surface area contributed by atoms with Crippen molar-refractivity contribution in [2.24, 2.45) is 0 Å². The fraction of sp³-hybridized carbons (Fsp3) is 0.333. The molecule has 4 rings (SSSR count). The summed E-state index contributed by atoms with van der Waals surface area (Å²) in [6.07, 6.45) is 5.03. The van der Waals surface area contributed by atoms with Crippen LogP contribution in [0.25, 0.3) is 5.78 Å². The van der Waals surface area contributed by atoms with Gasteiger partial charge in [-0.3, -0.25) is 18.9 Å². The molecule has 0 spiro atoms. The van der Waals surface area contributed by atoms with Crippen LogP contribution in [0.3, 0.4) is 0 Å². The Morgan fingerprint density at radius 2 is 2.16 bits per heavy atom. The normalized spacial score (nSPS) is 17.0. The van der Waals surface area contributed by atoms with Gasteiger partial charge in [-0.1, -0.05) is 6.07 Å². The second-order valence-corrected chi connectivity index (χ2v) is 7.30. The molecule has 162 valence electrons. The first-order valence-electron chi connectivity index (χ1n) is 9.96. The molecule has 1 saturated heterocycles. The van der Waals surface area contributed by atoms with E-state index in [1.165, 1.54) is 12.1 Å². The number of piperazine rings is 1. The number of ether oxygens (including phenoxy) is 1. The van der Waals surface area contributed by atoms with Crippen molar-refractivity contribution in [1.82, 2.24) is 29.5 Å². The maximum Gasteiger partial charge on any atom is 0.274 e. The Kier molecular flexibility index (Phi) is 6.08. The first kappa shape index (κ1) is 20.7. The lowest BCUT2D eigenvalue weighted by atomic mass is 10.1. The number of nitrogens with zero attached hydrogens (tertiary/aromatic N) is 5. The van der Waals surface area contributed by atoms with Crippen LogP contribution < -0.4 is 10.1 Å². The summed E-state index contributed by atoms with van der Waals surface area (Å²) in [7, 11) is 1.85. The topological polar surface area (TPSA) is 92.1 Å². The molecule has 31 heavy (non-hydrogen) atoms. The Bertz CT molecular complexity index is 1050. The molecule has 1 aliphatic rings. The standard InChI is InChI=1S/C21H23FN6O3/c1-26-9-10-27(20(30)17-13-28-8-3-6-24-21(28)25-17)14-18(26)19(29)23-7-11-31-16-5-2-4-15(22)12-16/h2-6,8,12-13,18H,7,9-11,14H2,1H3,(H,23,29)/t18-/m1/s1. The third-order valence-electron chi connectivity index (χ3n) is 5.16. The van der Waals surface area contributed by atoms with Crippen LogP contribution in [0.1, 0.15) is 10.5 Å². The van der Waals surface area contributed by atoms with Gasteiger partial charge in [-0.15, -0.1) is 0 Å². The smallest absolute Gasteiger partial charge is 0.274 e. The van der Waals surface area contributed by atoms with E-state index in [1.54, 1.807) is 46.1 Å². The van der Waals surface area contributed by atoms with Crippen molar-refractivity contribution in [3.8, 4) is 5.75 Å². The molecule has 0 radical (unpaired) electrons. The van der Waals surface area contributed by atoms with Crippen molar-refractivity contribution < 1.29 is 18.7 Å². The summed E-state index contributed by atoms with van der Waals surface area (Å²) in [6.45, 7) is 1.81. The molecule has 0 saturated carbocycles. The lowest BCUT2D eigenvalue weighted by Gasteiger charge is -2.38. The summed E-state index contributed by atoms with van der Waals surface area (Å²) in [5.74, 6) is 0.0529. The SMILES string of the molecule is CN1CCN(C(=O)c2cn3cccnc3n2)C[C@@H]1C(=O)NCCOc1cccc(F)c1. The van der Waals surface area contributed by atoms with E-state index in [1.807, 2.05) is 11.9 Å². The third kappa shape index (κ3) is 4.80. The molecule has 1 atom stereocenters. The Morgan fingerprint density at radius 1 is 1.29 bits per heavy atom. The average molecular weight is 426 g/mol. The van der Waals surface area contributed by atoms with E-state index in [-0.39, 0.29) is 37.3 Å². The van der Waals surface area contributed by atoms with Gasteiger partial charge in [-0.05, 0) is 25.2 Å². The number of benzene rings is 1. The van der Waals surface area contributed by atoms with Crippen LogP contribution in [0.2, 0.25) is 0 Å². The maximum atomic E-state index is 13.2. The van der Waals surface area contributed by atoms with E-state index in [4.69, 9.17) is 4.74 Å². The minimum absolute atomic E-state index is 0.195. The summed E-state index contributed by atoms with van der Waals surface area (Å²) in [5, 5.41) is 2.82. The molecule has 0 unspecified atom stereocenters. The first-order chi connectivity index (χ1) is 15.0. The van der Waals surface area contributed by atoms with Gasteiger partial charge in [0, 0.05) is 44.3 Å². The predicted molar refractivity (Wildman–Crippen MR) is 110 cm³/mol. The van der Waals surface area contributed by atoms with Crippen LogP contribution in [0.15, 0.2) is 48.9 Å². The molecule has 0 bridgehead atoms. The number of amides is 2. The molecule has 1 aliphatic heterocycles. The van der Waals surface area contributed by atoms with Crippen molar-refractivity contribution >= 4 is 17.6 Å². The van der Waals surface area contributed by atoms with Gasteiger partial charge in [0.15, 0.2) is 0 Å². The molecule has 9 nitrogen and oxygen atoms in total. The number of imidazole rings is 1. The molecule has 10 heteroatoms. The first-order valence-corrected chi connectivity index (χ1v) is 9.96. The van der Waals surface area contributed by atoms with Gasteiger partial charge in [0.2, 0.25) is 11.7 Å². The highest BCUT2D eigenvalue weighted by Crippen LogP contribution is 2.13. The zero-order valence-electron chi connectivity index (χ0n) is 17.1. The number of hydrogen-bond acceptors (Lipinski definition) is 6. The lowest BCUT2D eigenvalue weighted by molar-refractivity contribution is -0.127. The maximum absolute atomic E-state index is 13.2. The number of fused-ring (bicyclic) bond motifs is 1. The van der Waals surface area contributed by atoms with E-state index in [9.17, 15) is 14.0 Å². The third-order valence-corrected chi connectivity index (χ3v) is 5.16. The number of carbonyl (C=O) groups excluding carboxylic acids is 2. The fourth-order valence-corrected chi connectivity index (χ4v) is 3.45. The zero-order chi connectivity index (χ0) is 21.8. The predicted octanol–water partition coefficient (Wildman–Crippen LogP) is 0.820. The summed E-state index contributed by atoms with van der Waals surface area (Å²) < 4.78 is 20.3. The van der Waals surface area contributed by atoms with E-state index in [2.05, 4.69) is 15.3 Å². The molecule has 2 amide bonds. The van der Waals surface area contributed by atoms with Gasteiger partial charge >= 0.3 is 0 Å². The van der Waals surface area contributed by atoms with Crippen molar-refractivity contribution in [3.05, 3.63) is 60.4 Å². The molecular weight excluding hydrogens is 403 g/mol. The fourth-order valence-electron chi connectivity index (χ4n) is 3.45. The van der Waals surface area contributed by atoms with Crippen LogP contribution in [-0.4, -0.2) is 81.9 Å². The minimum Gasteiger partial charge on any atom is -0.492 e. The summed E-state index contributed by atoms with van der Waals surface area (Å²) in [6, 6.07) is 7.11. The quantitative estimate of drug-likeness (QED) is 0.587. The largest absolute Gasteiger partial charge is 0.492 e. The number of nitrogens with one attached hydrogen (secondary N) is 1. The monoisotopic (exact) mass is 426 g/mol. The molecule has 3 aromatic rings. The van der Waals surface area contributed by atoms with Gasteiger partial charge in [-0.25, -0.2) is 14.4 Å². The summed E-state index contributed by atoms with van der Waals surface area (Å²) in [5.41, 5.74) is 0.297. The van der Waals surface area contributed by atoms with E-state index < -0.39 is 6.04 Å². The van der Waals surface area contributed by atoms with E-state index >= 15 is 0 Å². The summed E-state index contributed by atoms with van der Waals surface area (Å²) in [4.78, 5) is 37.5. The number of hydrogen-bond donors (Lipinski definition) is 1. The van der Waals surface area contributed by atoms with Crippen molar-refractivity contribution in [3.63, 3.8) is 0 Å². The van der Waals surface area contributed by atoms with Gasteiger partial charge in [-0.2, -0.15) is 0 Å². The molecule has 1 aromatic carbocycles. The number of likely N-dealkylation sites (N-methyl/N-ethyl adjacent to an activating group) is 1. The highest BCUT2D eigenvalue weighted by atomic mass is 19.1. The van der Waals surface area contributed by atoms with Gasteiger partial charge < -0.3 is 15.0 Å². The Morgan fingerprint density at radius 3 is 2.97 bits per heavy atom. The van der Waals surface area contributed by atoms with Crippen molar-refractivity contribution in [2.75, 3.05) is 39.8 Å². The number of halogens is 1. The molecule has 0 aliphatic carbocycles. The zero-order valence-corrected chi connectivity index (χ0v) is 17.1. The molecular formula is C21H23FN6O3. The van der Waals surface area contributed by atoms with Crippen molar-refractivity contribution in [2.45, 2.75) is 6.04 Å². The van der Waals surface area contributed by atoms with Crippen LogP contribution in [0.5, 0.6) is 5.75 Å². The minimum atomic E-state index is -0.484. The molecule has 1 N–H and O–H groups in total. The van der Waals surface area contributed by atoms with Crippen molar-refractivity contribution in [1.29, 1.82) is 0 Å². The lowest BCUT2D eigenvalue weighted by Crippen LogP contribution is -2.59. The van der Waals surface area contributed by atoms with E-state index in [0.29, 0.717) is 30.3 Å². The van der Waals surface area contributed by atoms with E-state index in [0.717, 1.165) is 0 Å². The Hall–Kier alpha value is -3.53.